The number of carbonyl (C=O) groups excluding carboxylic acids is 2. The van der Waals surface area contributed by atoms with E-state index in [0.29, 0.717) is 18.7 Å². The summed E-state index contributed by atoms with van der Waals surface area (Å²) in [5.74, 6) is -0.247. The minimum absolute atomic E-state index is 0.164. The molecule has 0 saturated carbocycles. The molecule has 0 amide bonds. The molecule has 0 bridgehead atoms. The average Bonchev–Trinajstić information content (AvgIpc) is 3.05. The molecule has 11 heteroatoms. The van der Waals surface area contributed by atoms with Crippen LogP contribution in [-0.2, 0) is 19.1 Å². The zero-order chi connectivity index (χ0) is 22.8. The van der Waals surface area contributed by atoms with Gasteiger partial charge in [-0.15, -0.1) is 0 Å². The van der Waals surface area contributed by atoms with Gasteiger partial charge in [0.2, 0.25) is 0 Å². The van der Waals surface area contributed by atoms with Gasteiger partial charge in [0.05, 0.1) is 0 Å². The highest BCUT2D eigenvalue weighted by Crippen LogP contribution is 2.28. The van der Waals surface area contributed by atoms with Gasteiger partial charge in [-0.05, 0) is 18.9 Å². The van der Waals surface area contributed by atoms with Gasteiger partial charge in [-0.2, -0.15) is 4.98 Å². The molecular formula is C20H31N3O8. The molecule has 1 aliphatic rings. The van der Waals surface area contributed by atoms with Gasteiger partial charge in [0.1, 0.15) is 37.3 Å². The van der Waals surface area contributed by atoms with E-state index in [0.717, 1.165) is 30.3 Å². The van der Waals surface area contributed by atoms with Crippen molar-refractivity contribution in [1.29, 1.82) is 0 Å². The number of nitrogens with one attached hydrogen (secondary N) is 1. The molecule has 11 nitrogen and oxygen atoms in total. The lowest BCUT2D eigenvalue weighted by atomic mass is 10.1. The van der Waals surface area contributed by atoms with Crippen LogP contribution in [0.2, 0.25) is 0 Å². The van der Waals surface area contributed by atoms with Gasteiger partial charge in [-0.1, -0.05) is 19.3 Å². The third-order valence-electron chi connectivity index (χ3n) is 5.12. The summed E-state index contributed by atoms with van der Waals surface area (Å²) >= 11 is 0. The minimum atomic E-state index is -1.37. The molecule has 2 heterocycles. The first-order valence-corrected chi connectivity index (χ1v) is 10.4. The highest BCUT2D eigenvalue weighted by Gasteiger charge is 2.44. The summed E-state index contributed by atoms with van der Waals surface area (Å²) in [6, 6.07) is 1.53. The van der Waals surface area contributed by atoms with E-state index >= 15 is 0 Å². The lowest BCUT2D eigenvalue weighted by Crippen LogP contribution is -2.36. The number of aliphatic hydroxyl groups excluding tert-OH is 3. The van der Waals surface area contributed by atoms with Crippen molar-refractivity contribution in [2.75, 3.05) is 25.6 Å². The zero-order valence-corrected chi connectivity index (χ0v) is 17.6. The maximum absolute atomic E-state index is 12.1. The molecule has 1 aliphatic heterocycles. The number of esters is 1. The molecule has 1 aromatic rings. The van der Waals surface area contributed by atoms with Crippen LogP contribution in [0.3, 0.4) is 0 Å². The monoisotopic (exact) mass is 441 g/mol. The Morgan fingerprint density at radius 2 is 1.84 bits per heavy atom. The fourth-order valence-electron chi connectivity index (χ4n) is 3.29. The second-order valence-electron chi connectivity index (χ2n) is 7.45. The van der Waals surface area contributed by atoms with Gasteiger partial charge in [0.15, 0.2) is 12.0 Å². The molecule has 0 aromatic carbocycles. The van der Waals surface area contributed by atoms with E-state index in [1.807, 2.05) is 0 Å². The number of hydrogen-bond donors (Lipinski definition) is 4. The Labute approximate surface area is 180 Å². The van der Waals surface area contributed by atoms with Crippen molar-refractivity contribution in [2.24, 2.45) is 0 Å². The molecule has 0 radical (unpaired) electrons. The van der Waals surface area contributed by atoms with E-state index in [2.05, 4.69) is 10.3 Å². The van der Waals surface area contributed by atoms with Crippen LogP contribution in [0.1, 0.15) is 51.2 Å². The highest BCUT2D eigenvalue weighted by molar-refractivity contribution is 5.79. The maximum atomic E-state index is 12.1. The Bertz CT molecular complexity index is 784. The smallest absolute Gasteiger partial charge is 0.351 e. The molecule has 1 aromatic heterocycles. The number of Topliss-reactive ketones (excluding diaryl/α,β-unsaturated/α-hetero) is 1. The van der Waals surface area contributed by atoms with Crippen molar-refractivity contribution >= 4 is 17.6 Å². The molecule has 0 aliphatic carbocycles. The molecule has 1 saturated heterocycles. The van der Waals surface area contributed by atoms with Gasteiger partial charge < -0.3 is 30.1 Å². The summed E-state index contributed by atoms with van der Waals surface area (Å²) in [6.45, 7) is -0.660. The number of aliphatic hydroxyl groups is 3. The van der Waals surface area contributed by atoms with Crippen LogP contribution in [-0.4, -0.2) is 75.2 Å². The number of ketones is 1. The molecule has 0 spiro atoms. The lowest BCUT2D eigenvalue weighted by molar-refractivity contribution is -0.150. The predicted molar refractivity (Wildman–Crippen MR) is 109 cm³/mol. The molecule has 1 fully saturated rings. The first kappa shape index (κ1) is 24.9. The molecule has 31 heavy (non-hydrogen) atoms. The third kappa shape index (κ3) is 7.39. The first-order chi connectivity index (χ1) is 14.9. The second-order valence-corrected chi connectivity index (χ2v) is 7.45. The van der Waals surface area contributed by atoms with E-state index in [-0.39, 0.29) is 18.8 Å². The number of aromatic nitrogens is 2. The van der Waals surface area contributed by atoms with Crippen LogP contribution < -0.4 is 11.0 Å². The molecule has 2 rings (SSSR count). The van der Waals surface area contributed by atoms with Gasteiger partial charge in [0.25, 0.3) is 0 Å². The van der Waals surface area contributed by atoms with Gasteiger partial charge >= 0.3 is 11.7 Å². The van der Waals surface area contributed by atoms with Crippen LogP contribution in [0.25, 0.3) is 0 Å². The van der Waals surface area contributed by atoms with E-state index in [9.17, 15) is 24.6 Å². The highest BCUT2D eigenvalue weighted by atomic mass is 16.6. The van der Waals surface area contributed by atoms with Crippen molar-refractivity contribution in [3.63, 3.8) is 0 Å². The van der Waals surface area contributed by atoms with Gasteiger partial charge in [-0.25, -0.2) is 4.79 Å². The average molecular weight is 441 g/mol. The summed E-state index contributed by atoms with van der Waals surface area (Å²) < 4.78 is 11.8. The van der Waals surface area contributed by atoms with Crippen molar-refractivity contribution < 1.29 is 34.4 Å². The number of ether oxygens (including phenoxy) is 2. The minimum Gasteiger partial charge on any atom is -0.463 e. The number of carbonyl (C=O) groups is 2. The zero-order valence-electron chi connectivity index (χ0n) is 17.6. The standard InChI is InChI=1S/C20H31N3O8/c1-21-15-9-10-23(20(29)22-15)19-18(28)17(27)14(31-19)12-30-16(26)8-6-4-2-3-5-7-13(25)11-24/h9-10,14,17-19,24,27-28H,2-8,11-12H2,1H3,(H,21,22,29)/t14-,17-,18+,19-/m1/s1. The normalized spacial score (nSPS) is 23.0. The fraction of sp³-hybridized carbons (Fsp3) is 0.700. The number of rotatable bonds is 13. The van der Waals surface area contributed by atoms with Crippen LogP contribution in [0, 0.1) is 0 Å². The Kier molecular flexibility index (Phi) is 10.0. The summed E-state index contributed by atoms with van der Waals surface area (Å²) in [4.78, 5) is 38.8. The summed E-state index contributed by atoms with van der Waals surface area (Å²) in [7, 11) is 1.61. The topological polar surface area (TPSA) is 160 Å². The van der Waals surface area contributed by atoms with E-state index < -0.39 is 42.8 Å². The van der Waals surface area contributed by atoms with E-state index in [4.69, 9.17) is 14.6 Å². The van der Waals surface area contributed by atoms with Crippen molar-refractivity contribution in [3.8, 4) is 0 Å². The summed E-state index contributed by atoms with van der Waals surface area (Å²) in [5, 5.41) is 31.8. The van der Waals surface area contributed by atoms with Gasteiger partial charge in [0, 0.05) is 26.1 Å². The molecule has 0 unspecified atom stereocenters. The Morgan fingerprint density at radius 1 is 1.16 bits per heavy atom. The van der Waals surface area contributed by atoms with E-state index in [1.54, 1.807) is 7.05 Å². The maximum Gasteiger partial charge on any atom is 0.351 e. The number of unbranched alkanes of at least 4 members (excludes halogenated alkanes) is 4. The lowest BCUT2D eigenvalue weighted by Gasteiger charge is -2.17. The van der Waals surface area contributed by atoms with Crippen molar-refractivity contribution in [3.05, 3.63) is 22.7 Å². The quantitative estimate of drug-likeness (QED) is 0.237. The Balaban J connectivity index is 1.70. The fourth-order valence-corrected chi connectivity index (χ4v) is 3.29. The number of nitrogens with zero attached hydrogens (tertiary/aromatic N) is 2. The SMILES string of the molecule is CNc1ccn([C@@H]2O[C@H](COC(=O)CCCCCCCC(=O)CO)[C@@H](O)[C@@H]2O)c(=O)n1. The number of hydrogen-bond acceptors (Lipinski definition) is 10. The van der Waals surface area contributed by atoms with Crippen molar-refractivity contribution in [1.82, 2.24) is 9.55 Å². The second kappa shape index (κ2) is 12.5. The largest absolute Gasteiger partial charge is 0.463 e. The van der Waals surface area contributed by atoms with Crippen LogP contribution in [0.15, 0.2) is 17.1 Å². The predicted octanol–water partition coefficient (Wildman–Crippen LogP) is -0.261. The van der Waals surface area contributed by atoms with Crippen LogP contribution in [0.4, 0.5) is 5.82 Å². The van der Waals surface area contributed by atoms with E-state index in [1.165, 1.54) is 12.3 Å². The first-order valence-electron chi connectivity index (χ1n) is 10.4. The van der Waals surface area contributed by atoms with Crippen LogP contribution >= 0.6 is 0 Å². The van der Waals surface area contributed by atoms with Crippen molar-refractivity contribution in [2.45, 2.75) is 69.5 Å². The molecule has 174 valence electrons. The summed E-state index contributed by atoms with van der Waals surface area (Å²) in [5.41, 5.74) is -0.651. The Hall–Kier alpha value is -2.34. The van der Waals surface area contributed by atoms with Crippen LogP contribution in [0.5, 0.6) is 0 Å². The number of anilines is 1. The molecule has 4 atom stereocenters. The third-order valence-corrected chi connectivity index (χ3v) is 5.12. The summed E-state index contributed by atoms with van der Waals surface area (Å²) in [6.07, 6.45) is 1.07. The van der Waals surface area contributed by atoms with Gasteiger partial charge in [-0.3, -0.25) is 14.2 Å². The molecule has 4 N–H and O–H groups in total. The Morgan fingerprint density at radius 3 is 2.48 bits per heavy atom. The molecular weight excluding hydrogens is 410 g/mol.